The molecule has 82 valence electrons. The minimum Gasteiger partial charge on any atom is -0.481 e. The number of pyridine rings is 1. The topological polar surface area (TPSA) is 43.4 Å². The first-order valence-electron chi connectivity index (χ1n) is 5.20. The van der Waals surface area contributed by atoms with Gasteiger partial charge in [-0.2, -0.15) is 0 Å². The lowest BCUT2D eigenvalue weighted by molar-refractivity contribution is 0.0528. The first kappa shape index (κ1) is 10.4. The van der Waals surface area contributed by atoms with Crippen molar-refractivity contribution in [3.8, 4) is 5.88 Å². The van der Waals surface area contributed by atoms with Crippen LogP contribution in [-0.2, 0) is 11.3 Å². The van der Waals surface area contributed by atoms with Crippen molar-refractivity contribution in [3.63, 3.8) is 0 Å². The number of ether oxygens (including phenoxy) is 2. The molecule has 0 amide bonds. The zero-order chi connectivity index (χ0) is 10.5. The van der Waals surface area contributed by atoms with Crippen LogP contribution in [0.5, 0.6) is 5.88 Å². The van der Waals surface area contributed by atoms with Gasteiger partial charge in [-0.05, 0) is 25.1 Å². The van der Waals surface area contributed by atoms with Crippen LogP contribution in [-0.4, -0.2) is 31.3 Å². The van der Waals surface area contributed by atoms with E-state index in [9.17, 15) is 0 Å². The molecular formula is C11H16N2O2. The number of nitrogens with one attached hydrogen (secondary N) is 1. The molecule has 0 bridgehead atoms. The zero-order valence-electron chi connectivity index (χ0n) is 8.90. The summed E-state index contributed by atoms with van der Waals surface area (Å²) in [5.74, 6) is 0.656. The average molecular weight is 208 g/mol. The summed E-state index contributed by atoms with van der Waals surface area (Å²) in [6, 6.07) is 3.88. The Labute approximate surface area is 89.6 Å². The van der Waals surface area contributed by atoms with E-state index in [-0.39, 0.29) is 0 Å². The molecule has 0 spiro atoms. The van der Waals surface area contributed by atoms with Gasteiger partial charge in [-0.15, -0.1) is 0 Å². The van der Waals surface area contributed by atoms with Crippen LogP contribution >= 0.6 is 0 Å². The van der Waals surface area contributed by atoms with Crippen LogP contribution in [0.2, 0.25) is 0 Å². The summed E-state index contributed by atoms with van der Waals surface area (Å²) in [6.45, 7) is 2.57. The fraction of sp³-hybridized carbons (Fsp3) is 0.545. The molecule has 1 aromatic heterocycles. The Morgan fingerprint density at radius 3 is 3.27 bits per heavy atom. The molecule has 1 unspecified atom stereocenters. The molecule has 1 aromatic rings. The lowest BCUT2D eigenvalue weighted by Crippen LogP contribution is -2.16. The Hall–Kier alpha value is -1.13. The maximum absolute atomic E-state index is 5.75. The first-order valence-corrected chi connectivity index (χ1v) is 5.20. The van der Waals surface area contributed by atoms with Gasteiger partial charge in [0.2, 0.25) is 5.88 Å². The molecule has 2 heterocycles. The Bertz CT molecular complexity index is 311. The van der Waals surface area contributed by atoms with E-state index in [0.717, 1.165) is 25.1 Å². The number of hydrogen-bond donors (Lipinski definition) is 1. The summed E-state index contributed by atoms with van der Waals surface area (Å²) in [7, 11) is 1.63. The Morgan fingerprint density at radius 1 is 1.60 bits per heavy atom. The highest BCUT2D eigenvalue weighted by atomic mass is 16.5. The van der Waals surface area contributed by atoms with E-state index in [4.69, 9.17) is 9.47 Å². The SMILES string of the molecule is COc1ncccc1COC1CCNC1. The lowest BCUT2D eigenvalue weighted by Gasteiger charge is -2.11. The predicted molar refractivity (Wildman–Crippen MR) is 56.9 cm³/mol. The largest absolute Gasteiger partial charge is 0.481 e. The summed E-state index contributed by atoms with van der Waals surface area (Å²) in [4.78, 5) is 4.12. The normalized spacial score (nSPS) is 20.5. The summed E-state index contributed by atoms with van der Waals surface area (Å²) >= 11 is 0. The molecule has 0 aliphatic carbocycles. The number of aromatic nitrogens is 1. The highest BCUT2D eigenvalue weighted by Gasteiger charge is 2.15. The van der Waals surface area contributed by atoms with Crippen molar-refractivity contribution in [2.24, 2.45) is 0 Å². The molecule has 0 radical (unpaired) electrons. The second-order valence-corrected chi connectivity index (χ2v) is 3.60. The van der Waals surface area contributed by atoms with Crippen LogP contribution < -0.4 is 10.1 Å². The third-order valence-electron chi connectivity index (χ3n) is 2.53. The molecule has 0 saturated carbocycles. The fourth-order valence-electron chi connectivity index (χ4n) is 1.70. The van der Waals surface area contributed by atoms with Crippen molar-refractivity contribution in [2.75, 3.05) is 20.2 Å². The van der Waals surface area contributed by atoms with E-state index in [0.29, 0.717) is 18.6 Å². The maximum atomic E-state index is 5.75. The Balaban J connectivity index is 1.91. The van der Waals surface area contributed by atoms with Gasteiger partial charge in [0, 0.05) is 18.3 Å². The van der Waals surface area contributed by atoms with Gasteiger partial charge in [0.15, 0.2) is 0 Å². The van der Waals surface area contributed by atoms with Gasteiger partial charge in [0.05, 0.1) is 19.8 Å². The van der Waals surface area contributed by atoms with E-state index in [2.05, 4.69) is 10.3 Å². The first-order chi connectivity index (χ1) is 7.40. The number of methoxy groups -OCH3 is 1. The standard InChI is InChI=1S/C11H16N2O2/c1-14-11-9(3-2-5-13-11)8-15-10-4-6-12-7-10/h2-3,5,10,12H,4,6-8H2,1H3. The Kier molecular flexibility index (Phi) is 3.53. The van der Waals surface area contributed by atoms with Crippen LogP contribution in [0.15, 0.2) is 18.3 Å². The zero-order valence-corrected chi connectivity index (χ0v) is 8.90. The lowest BCUT2D eigenvalue weighted by atomic mass is 10.2. The van der Waals surface area contributed by atoms with Gasteiger partial charge >= 0.3 is 0 Å². The van der Waals surface area contributed by atoms with E-state index in [1.54, 1.807) is 13.3 Å². The number of hydrogen-bond acceptors (Lipinski definition) is 4. The highest BCUT2D eigenvalue weighted by Crippen LogP contribution is 2.16. The van der Waals surface area contributed by atoms with Gasteiger partial charge < -0.3 is 14.8 Å². The number of nitrogens with zero attached hydrogens (tertiary/aromatic N) is 1. The predicted octanol–water partition coefficient (Wildman–Crippen LogP) is 0.969. The van der Waals surface area contributed by atoms with Gasteiger partial charge in [0.25, 0.3) is 0 Å². The van der Waals surface area contributed by atoms with Crippen LogP contribution in [0.25, 0.3) is 0 Å². The quantitative estimate of drug-likeness (QED) is 0.800. The molecular weight excluding hydrogens is 192 g/mol. The van der Waals surface area contributed by atoms with Crippen LogP contribution in [0.1, 0.15) is 12.0 Å². The van der Waals surface area contributed by atoms with Crippen molar-refractivity contribution in [1.29, 1.82) is 0 Å². The third-order valence-corrected chi connectivity index (χ3v) is 2.53. The summed E-state index contributed by atoms with van der Waals surface area (Å²) in [5.41, 5.74) is 1.01. The van der Waals surface area contributed by atoms with E-state index in [1.165, 1.54) is 0 Å². The van der Waals surface area contributed by atoms with E-state index < -0.39 is 0 Å². The second-order valence-electron chi connectivity index (χ2n) is 3.60. The average Bonchev–Trinajstić information content (AvgIpc) is 2.79. The smallest absolute Gasteiger partial charge is 0.218 e. The molecule has 1 aliphatic heterocycles. The molecule has 2 rings (SSSR count). The molecule has 1 atom stereocenters. The number of rotatable bonds is 4. The summed E-state index contributed by atoms with van der Waals surface area (Å²) in [5, 5.41) is 3.27. The molecule has 4 heteroatoms. The van der Waals surface area contributed by atoms with Gasteiger partial charge in [-0.1, -0.05) is 0 Å². The van der Waals surface area contributed by atoms with Crippen LogP contribution in [0.4, 0.5) is 0 Å². The monoisotopic (exact) mass is 208 g/mol. The molecule has 1 fully saturated rings. The third kappa shape index (κ3) is 2.67. The van der Waals surface area contributed by atoms with Gasteiger partial charge in [-0.3, -0.25) is 0 Å². The molecule has 4 nitrogen and oxygen atoms in total. The maximum Gasteiger partial charge on any atom is 0.218 e. The molecule has 15 heavy (non-hydrogen) atoms. The van der Waals surface area contributed by atoms with Crippen LogP contribution in [0.3, 0.4) is 0 Å². The van der Waals surface area contributed by atoms with Crippen molar-refractivity contribution in [3.05, 3.63) is 23.9 Å². The van der Waals surface area contributed by atoms with E-state index in [1.807, 2.05) is 12.1 Å². The van der Waals surface area contributed by atoms with Gasteiger partial charge in [-0.25, -0.2) is 4.98 Å². The second kappa shape index (κ2) is 5.09. The van der Waals surface area contributed by atoms with E-state index >= 15 is 0 Å². The fourth-order valence-corrected chi connectivity index (χ4v) is 1.70. The van der Waals surface area contributed by atoms with Crippen LogP contribution in [0, 0.1) is 0 Å². The molecule has 0 aromatic carbocycles. The minimum atomic E-state index is 0.329. The highest BCUT2D eigenvalue weighted by molar-refractivity contribution is 5.24. The van der Waals surface area contributed by atoms with Crippen molar-refractivity contribution in [1.82, 2.24) is 10.3 Å². The Morgan fingerprint density at radius 2 is 2.53 bits per heavy atom. The van der Waals surface area contributed by atoms with Crippen molar-refractivity contribution >= 4 is 0 Å². The van der Waals surface area contributed by atoms with Gasteiger partial charge in [0.1, 0.15) is 0 Å². The summed E-state index contributed by atoms with van der Waals surface area (Å²) < 4.78 is 10.9. The molecule has 1 saturated heterocycles. The summed E-state index contributed by atoms with van der Waals surface area (Å²) in [6.07, 6.45) is 3.14. The molecule has 1 N–H and O–H groups in total. The van der Waals surface area contributed by atoms with Crippen molar-refractivity contribution < 1.29 is 9.47 Å². The molecule has 1 aliphatic rings. The minimum absolute atomic E-state index is 0.329. The van der Waals surface area contributed by atoms with Crippen molar-refractivity contribution in [2.45, 2.75) is 19.1 Å².